The van der Waals surface area contributed by atoms with E-state index in [0.717, 1.165) is 10.7 Å². The van der Waals surface area contributed by atoms with Crippen LogP contribution in [0.1, 0.15) is 35.2 Å². The van der Waals surface area contributed by atoms with Crippen molar-refractivity contribution in [3.63, 3.8) is 0 Å². The predicted molar refractivity (Wildman–Crippen MR) is 131 cm³/mol. The van der Waals surface area contributed by atoms with Gasteiger partial charge in [0, 0.05) is 44.5 Å². The average Bonchev–Trinajstić information content (AvgIpc) is 2.84. The van der Waals surface area contributed by atoms with E-state index in [2.05, 4.69) is 93.2 Å². The number of nitrogens with zero attached hydrogens (tertiary/aromatic N) is 2. The molecule has 3 aliphatic rings. The number of benzene rings is 4. The van der Waals surface area contributed by atoms with Crippen molar-refractivity contribution in [1.82, 2.24) is 0 Å². The van der Waals surface area contributed by atoms with Gasteiger partial charge >= 0.3 is 0 Å². The number of anilines is 4. The molecular formula is C27H21ClN4. The molecule has 0 spiro atoms. The summed E-state index contributed by atoms with van der Waals surface area (Å²) in [5.74, 6) is 0. The standard InChI is InChI=1S/C27H21ClN4/c28-17-13-15-18(16-14-17)29-25-20-8-2-5-11-23(20)32-26-21-9-3-6-12-24(21)31(25)27(32)19-7-1-4-10-22(19)30-26/h1-16,25-27,29-30H/t25-,26+,27?/m0/s1. The van der Waals surface area contributed by atoms with Gasteiger partial charge in [0.2, 0.25) is 0 Å². The van der Waals surface area contributed by atoms with Crippen molar-refractivity contribution >= 4 is 34.4 Å². The minimum atomic E-state index is -0.0260. The number of rotatable bonds is 2. The maximum Gasteiger partial charge on any atom is 0.134 e. The van der Waals surface area contributed by atoms with Crippen molar-refractivity contribution in [2.75, 3.05) is 20.4 Å². The van der Waals surface area contributed by atoms with Crippen LogP contribution in [0, 0.1) is 0 Å². The van der Waals surface area contributed by atoms with Crippen molar-refractivity contribution in [1.29, 1.82) is 0 Å². The number of fused-ring (bicyclic) bond motifs is 5. The zero-order valence-electron chi connectivity index (χ0n) is 17.2. The third kappa shape index (κ3) is 2.44. The monoisotopic (exact) mass is 436 g/mol. The first kappa shape index (κ1) is 18.0. The summed E-state index contributed by atoms with van der Waals surface area (Å²) < 4.78 is 0. The summed E-state index contributed by atoms with van der Waals surface area (Å²) in [6.07, 6.45) is 0.147. The van der Waals surface area contributed by atoms with Gasteiger partial charge in [0.15, 0.2) is 0 Å². The Morgan fingerprint density at radius 3 is 2.06 bits per heavy atom. The molecule has 32 heavy (non-hydrogen) atoms. The molecule has 3 heterocycles. The summed E-state index contributed by atoms with van der Waals surface area (Å²) in [5.41, 5.74) is 8.58. The maximum atomic E-state index is 6.16. The van der Waals surface area contributed by atoms with Gasteiger partial charge < -0.3 is 20.4 Å². The van der Waals surface area contributed by atoms with Crippen LogP contribution in [0.3, 0.4) is 0 Å². The summed E-state index contributed by atoms with van der Waals surface area (Å²) in [7, 11) is 0. The van der Waals surface area contributed by atoms with Gasteiger partial charge in [0.1, 0.15) is 18.5 Å². The molecule has 5 heteroatoms. The van der Waals surface area contributed by atoms with Crippen LogP contribution >= 0.6 is 11.6 Å². The third-order valence-electron chi connectivity index (χ3n) is 6.78. The van der Waals surface area contributed by atoms with E-state index in [0.29, 0.717) is 0 Å². The van der Waals surface area contributed by atoms with Gasteiger partial charge in [-0.3, -0.25) is 0 Å². The first-order valence-electron chi connectivity index (χ1n) is 10.9. The lowest BCUT2D eigenvalue weighted by Gasteiger charge is -2.60. The number of hydrogen-bond donors (Lipinski definition) is 2. The Morgan fingerprint density at radius 2 is 1.28 bits per heavy atom. The van der Waals surface area contributed by atoms with Crippen LogP contribution in [0.4, 0.5) is 22.7 Å². The van der Waals surface area contributed by atoms with E-state index in [9.17, 15) is 0 Å². The van der Waals surface area contributed by atoms with Crippen LogP contribution in [-0.4, -0.2) is 0 Å². The first-order valence-corrected chi connectivity index (χ1v) is 11.3. The molecule has 3 atom stereocenters. The molecule has 1 unspecified atom stereocenters. The molecule has 0 amide bonds. The minimum absolute atomic E-state index is 0.0260. The summed E-state index contributed by atoms with van der Waals surface area (Å²) in [6, 6.07) is 34.1. The predicted octanol–water partition coefficient (Wildman–Crippen LogP) is 6.91. The third-order valence-corrected chi connectivity index (χ3v) is 7.03. The van der Waals surface area contributed by atoms with Gasteiger partial charge in [-0.15, -0.1) is 0 Å². The molecule has 0 saturated carbocycles. The van der Waals surface area contributed by atoms with Crippen molar-refractivity contribution in [3.05, 3.63) is 119 Å². The fraction of sp³-hybridized carbons (Fsp3) is 0.111. The zero-order valence-corrected chi connectivity index (χ0v) is 18.0. The molecule has 2 N–H and O–H groups in total. The highest BCUT2D eigenvalue weighted by atomic mass is 35.5. The van der Waals surface area contributed by atoms with Crippen molar-refractivity contribution in [2.45, 2.75) is 18.5 Å². The molecule has 3 aliphatic heterocycles. The van der Waals surface area contributed by atoms with E-state index in [1.807, 2.05) is 24.3 Å². The highest BCUT2D eigenvalue weighted by molar-refractivity contribution is 6.30. The van der Waals surface area contributed by atoms with E-state index in [-0.39, 0.29) is 18.5 Å². The normalized spacial score (nSPS) is 21.7. The number of para-hydroxylation sites is 3. The van der Waals surface area contributed by atoms with Gasteiger partial charge in [-0.2, -0.15) is 0 Å². The summed E-state index contributed by atoms with van der Waals surface area (Å²) >= 11 is 6.16. The van der Waals surface area contributed by atoms with Crippen LogP contribution in [-0.2, 0) is 0 Å². The second kappa shape index (κ2) is 6.68. The number of hydrogen-bond acceptors (Lipinski definition) is 4. The lowest BCUT2D eigenvalue weighted by Crippen LogP contribution is -2.58. The van der Waals surface area contributed by atoms with E-state index >= 15 is 0 Å². The Bertz CT molecular complexity index is 1340. The molecule has 156 valence electrons. The van der Waals surface area contributed by atoms with Crippen molar-refractivity contribution in [3.8, 4) is 0 Å². The summed E-state index contributed by atoms with van der Waals surface area (Å²) in [4.78, 5) is 5.06. The lowest BCUT2D eigenvalue weighted by molar-refractivity contribution is 0.432. The molecule has 0 radical (unpaired) electrons. The molecule has 4 bridgehead atoms. The second-order valence-electron chi connectivity index (χ2n) is 8.49. The minimum Gasteiger partial charge on any atom is -0.361 e. The lowest BCUT2D eigenvalue weighted by atomic mass is 9.88. The van der Waals surface area contributed by atoms with Crippen molar-refractivity contribution < 1.29 is 0 Å². The van der Waals surface area contributed by atoms with Crippen molar-refractivity contribution in [2.24, 2.45) is 0 Å². The Balaban J connectivity index is 1.49. The van der Waals surface area contributed by atoms with Gasteiger partial charge in [-0.25, -0.2) is 0 Å². The fourth-order valence-electron chi connectivity index (χ4n) is 5.46. The maximum absolute atomic E-state index is 6.16. The average molecular weight is 437 g/mol. The van der Waals surface area contributed by atoms with E-state index in [4.69, 9.17) is 11.6 Å². The molecule has 4 nitrogen and oxygen atoms in total. The second-order valence-corrected chi connectivity index (χ2v) is 8.93. The smallest absolute Gasteiger partial charge is 0.134 e. The van der Waals surface area contributed by atoms with Crippen LogP contribution in [0.5, 0.6) is 0 Å². The van der Waals surface area contributed by atoms with E-state index in [1.54, 1.807) is 0 Å². The zero-order chi connectivity index (χ0) is 21.2. The van der Waals surface area contributed by atoms with Gasteiger partial charge in [0.05, 0.1) is 0 Å². The first-order chi connectivity index (χ1) is 15.8. The number of nitrogens with one attached hydrogen (secondary N) is 2. The molecular weight excluding hydrogens is 416 g/mol. The SMILES string of the molecule is Clc1ccc(N[C@@H]2c3ccccc3N3C4c5ccccc5N[C@H]3c3ccccc3N42)cc1. The topological polar surface area (TPSA) is 30.5 Å². The van der Waals surface area contributed by atoms with E-state index < -0.39 is 0 Å². The van der Waals surface area contributed by atoms with Crippen LogP contribution in [0.25, 0.3) is 0 Å². The highest BCUT2D eigenvalue weighted by Gasteiger charge is 2.50. The largest absolute Gasteiger partial charge is 0.361 e. The van der Waals surface area contributed by atoms with Crippen LogP contribution < -0.4 is 20.4 Å². The quantitative estimate of drug-likeness (QED) is 0.357. The molecule has 0 saturated heterocycles. The fourth-order valence-corrected chi connectivity index (χ4v) is 5.59. The van der Waals surface area contributed by atoms with E-state index in [1.165, 1.54) is 33.8 Å². The Morgan fingerprint density at radius 1 is 0.656 bits per heavy atom. The molecule has 4 aromatic rings. The van der Waals surface area contributed by atoms with Crippen LogP contribution in [0.15, 0.2) is 97.1 Å². The van der Waals surface area contributed by atoms with Gasteiger partial charge in [0.25, 0.3) is 0 Å². The number of halogens is 1. The molecule has 0 aliphatic carbocycles. The summed E-state index contributed by atoms with van der Waals surface area (Å²) in [6.45, 7) is 0. The molecule has 7 rings (SSSR count). The summed E-state index contributed by atoms with van der Waals surface area (Å²) in [5, 5.41) is 8.37. The van der Waals surface area contributed by atoms with Crippen LogP contribution in [0.2, 0.25) is 5.02 Å². The Kier molecular flexibility index (Phi) is 3.76. The molecule has 0 aromatic heterocycles. The molecule has 4 aromatic carbocycles. The molecule has 0 fully saturated rings. The Hall–Kier alpha value is -3.63. The highest BCUT2D eigenvalue weighted by Crippen LogP contribution is 2.58. The van der Waals surface area contributed by atoms with Gasteiger partial charge in [-0.05, 0) is 42.5 Å². The Labute approximate surface area is 192 Å². The van der Waals surface area contributed by atoms with Gasteiger partial charge in [-0.1, -0.05) is 66.2 Å².